The molecule has 0 spiro atoms. The average Bonchev–Trinajstić information content (AvgIpc) is 2.38. The van der Waals surface area contributed by atoms with Gasteiger partial charge in [0.05, 0.1) is 0 Å². The van der Waals surface area contributed by atoms with Crippen LogP contribution < -0.4 is 0 Å². The maximum atomic E-state index is 13.2. The first kappa shape index (κ1) is 24.5. The van der Waals surface area contributed by atoms with Crippen molar-refractivity contribution < 1.29 is 53.9 Å². The molecular weight excluding hydrogens is 394 g/mol. The van der Waals surface area contributed by atoms with Crippen molar-refractivity contribution in [3.63, 3.8) is 0 Å². The third kappa shape index (κ3) is 6.97. The van der Waals surface area contributed by atoms with Crippen LogP contribution in [0, 0.1) is 0 Å². The van der Waals surface area contributed by atoms with Crippen molar-refractivity contribution in [1.29, 1.82) is 0 Å². The van der Waals surface area contributed by atoms with Crippen LogP contribution in [-0.4, -0.2) is 39.9 Å². The molecule has 0 heterocycles. The summed E-state index contributed by atoms with van der Waals surface area (Å²) in [6, 6.07) is 0. The molecule has 0 fully saturated rings. The lowest BCUT2D eigenvalue weighted by molar-refractivity contribution is -0.396. The highest BCUT2D eigenvalue weighted by atomic mass is 31.2. The highest BCUT2D eigenvalue weighted by molar-refractivity contribution is 7.51. The van der Waals surface area contributed by atoms with Gasteiger partial charge in [-0.3, -0.25) is 4.57 Å². The van der Waals surface area contributed by atoms with E-state index < -0.39 is 44.4 Å². The fourth-order valence-corrected chi connectivity index (χ4v) is 2.57. The minimum absolute atomic E-state index is 0.126. The smallest absolute Gasteiger partial charge is 0.324 e. The molecular formula is C12H18F9O3P. The predicted octanol–water partition coefficient (Wildman–Crippen LogP) is 5.36. The summed E-state index contributed by atoms with van der Waals surface area (Å²) in [5.41, 5.74) is 0. The van der Waals surface area contributed by atoms with Crippen LogP contribution in [0.4, 0.5) is 39.5 Å². The molecule has 0 radical (unpaired) electrons. The Kier molecular flexibility index (Phi) is 8.31. The molecule has 0 aromatic carbocycles. The van der Waals surface area contributed by atoms with Crippen LogP contribution in [0.15, 0.2) is 0 Å². The molecule has 152 valence electrons. The molecule has 0 aliphatic heterocycles. The molecule has 25 heavy (non-hydrogen) atoms. The van der Waals surface area contributed by atoms with Crippen molar-refractivity contribution in [1.82, 2.24) is 0 Å². The summed E-state index contributed by atoms with van der Waals surface area (Å²) in [6.07, 6.45) is -8.87. The van der Waals surface area contributed by atoms with Crippen LogP contribution in [0.5, 0.6) is 0 Å². The Morgan fingerprint density at radius 2 is 1.04 bits per heavy atom. The summed E-state index contributed by atoms with van der Waals surface area (Å²) >= 11 is 0. The van der Waals surface area contributed by atoms with Crippen molar-refractivity contribution in [2.45, 2.75) is 68.9 Å². The summed E-state index contributed by atoms with van der Waals surface area (Å²) in [7, 11) is -4.14. The molecule has 2 N–H and O–H groups in total. The molecule has 0 atom stereocenters. The Balaban J connectivity index is 4.35. The lowest BCUT2D eigenvalue weighted by atomic mass is 9.98. The molecule has 0 saturated carbocycles. The van der Waals surface area contributed by atoms with Gasteiger partial charge in [0.1, 0.15) is 0 Å². The van der Waals surface area contributed by atoms with Gasteiger partial charge in [0, 0.05) is 12.6 Å². The molecule has 0 aromatic rings. The van der Waals surface area contributed by atoms with Crippen LogP contribution >= 0.6 is 7.60 Å². The molecule has 0 saturated heterocycles. The van der Waals surface area contributed by atoms with E-state index in [4.69, 9.17) is 9.79 Å². The second kappa shape index (κ2) is 8.47. The second-order valence-electron chi connectivity index (χ2n) is 5.61. The van der Waals surface area contributed by atoms with E-state index in [2.05, 4.69) is 0 Å². The zero-order valence-electron chi connectivity index (χ0n) is 12.8. The normalized spacial score (nSPS) is 14.8. The van der Waals surface area contributed by atoms with Crippen LogP contribution in [0.25, 0.3) is 0 Å². The van der Waals surface area contributed by atoms with E-state index >= 15 is 0 Å². The number of rotatable bonds is 11. The summed E-state index contributed by atoms with van der Waals surface area (Å²) < 4.78 is 124. The number of unbranched alkanes of at least 4 members (excludes halogenated alkanes) is 5. The Labute approximate surface area is 137 Å². The third-order valence-electron chi connectivity index (χ3n) is 3.40. The topological polar surface area (TPSA) is 57.5 Å². The fraction of sp³-hybridized carbons (Fsp3) is 1.00. The first-order valence-corrected chi connectivity index (χ1v) is 9.00. The van der Waals surface area contributed by atoms with Crippen molar-refractivity contribution in [2.24, 2.45) is 0 Å². The maximum Gasteiger partial charge on any atom is 0.460 e. The molecule has 3 nitrogen and oxygen atoms in total. The lowest BCUT2D eigenvalue weighted by Crippen LogP contribution is -2.60. The Hall–Kier alpha value is -0.480. The molecule has 0 aliphatic carbocycles. The highest BCUT2D eigenvalue weighted by Gasteiger charge is 2.81. The molecule has 0 aromatic heterocycles. The standard InChI is InChI=1S/C12H18F9O3P/c13-9(14,10(15,16)11(17,18)12(19,20)21)7-5-3-1-2-4-6-8-25(22,23)24/h1-8H2,(H2,22,23,24). The quantitative estimate of drug-likeness (QED) is 0.273. The van der Waals surface area contributed by atoms with Crippen LogP contribution in [0.1, 0.15) is 44.9 Å². The van der Waals surface area contributed by atoms with E-state index in [9.17, 15) is 44.1 Å². The van der Waals surface area contributed by atoms with E-state index in [0.717, 1.165) is 0 Å². The molecule has 0 unspecified atom stereocenters. The first-order chi connectivity index (χ1) is 11.0. The van der Waals surface area contributed by atoms with Crippen molar-refractivity contribution in [3.05, 3.63) is 0 Å². The van der Waals surface area contributed by atoms with E-state index in [1.165, 1.54) is 0 Å². The zero-order chi connectivity index (χ0) is 20.2. The third-order valence-corrected chi connectivity index (χ3v) is 4.30. The van der Waals surface area contributed by atoms with Crippen LogP contribution in [0.2, 0.25) is 0 Å². The Bertz CT molecular complexity index is 459. The number of halogens is 9. The van der Waals surface area contributed by atoms with Gasteiger partial charge >= 0.3 is 31.5 Å². The van der Waals surface area contributed by atoms with E-state index in [-0.39, 0.29) is 25.4 Å². The van der Waals surface area contributed by atoms with Gasteiger partial charge < -0.3 is 9.79 Å². The van der Waals surface area contributed by atoms with Gasteiger partial charge in [-0.05, 0) is 12.8 Å². The van der Waals surface area contributed by atoms with Crippen LogP contribution in [-0.2, 0) is 4.57 Å². The van der Waals surface area contributed by atoms with Crippen molar-refractivity contribution in [3.8, 4) is 0 Å². The number of hydrogen-bond donors (Lipinski definition) is 2. The molecule has 0 aliphatic rings. The van der Waals surface area contributed by atoms with Gasteiger partial charge in [-0.2, -0.15) is 39.5 Å². The summed E-state index contributed by atoms with van der Waals surface area (Å²) in [5, 5.41) is 0. The van der Waals surface area contributed by atoms with Gasteiger partial charge in [-0.15, -0.1) is 0 Å². The number of hydrogen-bond acceptors (Lipinski definition) is 1. The van der Waals surface area contributed by atoms with Gasteiger partial charge in [-0.1, -0.05) is 25.7 Å². The van der Waals surface area contributed by atoms with Crippen molar-refractivity contribution >= 4 is 7.60 Å². The SMILES string of the molecule is O=P(O)(O)CCCCCCCCC(F)(F)C(F)(F)C(F)(F)C(F)(F)F. The van der Waals surface area contributed by atoms with Crippen LogP contribution in [0.3, 0.4) is 0 Å². The lowest BCUT2D eigenvalue weighted by Gasteiger charge is -2.33. The molecule has 0 amide bonds. The van der Waals surface area contributed by atoms with Crippen molar-refractivity contribution in [2.75, 3.05) is 6.16 Å². The minimum Gasteiger partial charge on any atom is -0.324 e. The Morgan fingerprint density at radius 1 is 0.640 bits per heavy atom. The fourth-order valence-electron chi connectivity index (χ4n) is 1.94. The molecule has 0 rings (SSSR count). The number of alkyl halides is 9. The first-order valence-electron chi connectivity index (χ1n) is 7.20. The van der Waals surface area contributed by atoms with Gasteiger partial charge in [-0.25, -0.2) is 0 Å². The summed E-state index contributed by atoms with van der Waals surface area (Å²) in [6.45, 7) is 0. The monoisotopic (exact) mass is 412 g/mol. The minimum atomic E-state index is -6.86. The van der Waals surface area contributed by atoms with E-state index in [1.54, 1.807) is 0 Å². The summed E-state index contributed by atoms with van der Waals surface area (Å²) in [4.78, 5) is 17.1. The summed E-state index contributed by atoms with van der Waals surface area (Å²) in [5.74, 6) is -19.0. The van der Waals surface area contributed by atoms with E-state index in [1.807, 2.05) is 0 Å². The van der Waals surface area contributed by atoms with Gasteiger partial charge in [0.15, 0.2) is 0 Å². The average molecular weight is 412 g/mol. The van der Waals surface area contributed by atoms with E-state index in [0.29, 0.717) is 12.8 Å². The van der Waals surface area contributed by atoms with Gasteiger partial charge in [0.2, 0.25) is 0 Å². The van der Waals surface area contributed by atoms with Gasteiger partial charge in [0.25, 0.3) is 0 Å². The molecule has 0 bridgehead atoms. The highest BCUT2D eigenvalue weighted by Crippen LogP contribution is 2.54. The zero-order valence-corrected chi connectivity index (χ0v) is 13.7. The Morgan fingerprint density at radius 3 is 1.44 bits per heavy atom. The second-order valence-corrected chi connectivity index (χ2v) is 7.39. The largest absolute Gasteiger partial charge is 0.460 e. The maximum absolute atomic E-state index is 13.2. The molecule has 13 heteroatoms. The predicted molar refractivity (Wildman–Crippen MR) is 70.1 cm³/mol.